The lowest BCUT2D eigenvalue weighted by Gasteiger charge is -2.20. The van der Waals surface area contributed by atoms with Crippen molar-refractivity contribution in [2.45, 2.75) is 103 Å². The second kappa shape index (κ2) is 13.7. The van der Waals surface area contributed by atoms with E-state index in [0.717, 1.165) is 31.2 Å². The van der Waals surface area contributed by atoms with Crippen molar-refractivity contribution in [2.24, 2.45) is 0 Å². The maximum atomic E-state index is 11.6. The van der Waals surface area contributed by atoms with Gasteiger partial charge in [0.2, 0.25) is 0 Å². The first-order chi connectivity index (χ1) is 12.6. The lowest BCUT2D eigenvalue weighted by molar-refractivity contribution is 0.0695. The van der Waals surface area contributed by atoms with Gasteiger partial charge in [0.05, 0.1) is 5.56 Å². The minimum atomic E-state index is -0.891. The molecule has 0 amide bonds. The molecule has 1 atom stereocenters. The molecule has 0 bridgehead atoms. The standard InChI is InChI=1S/C23H38O3/c1-3-5-7-9-10-11-13-15-19(14-12-8-6-4-2)22-18-20(24)16-17-21(22)23(25)26/h16-19,24H,3-15H2,1-2H3,(H,25,26). The molecular formula is C23H38O3. The summed E-state index contributed by atoms with van der Waals surface area (Å²) in [6, 6.07) is 4.71. The molecule has 1 unspecified atom stereocenters. The van der Waals surface area contributed by atoms with Crippen molar-refractivity contribution in [1.29, 1.82) is 0 Å². The third-order valence-electron chi connectivity index (χ3n) is 5.27. The first kappa shape index (κ1) is 22.5. The summed E-state index contributed by atoms with van der Waals surface area (Å²) in [5, 5.41) is 19.4. The maximum absolute atomic E-state index is 11.6. The van der Waals surface area contributed by atoms with Crippen LogP contribution in [-0.4, -0.2) is 16.2 Å². The van der Waals surface area contributed by atoms with Gasteiger partial charge in [-0.2, -0.15) is 0 Å². The molecule has 0 aliphatic rings. The Kier molecular flexibility index (Phi) is 11.8. The fraction of sp³-hybridized carbons (Fsp3) is 0.696. The van der Waals surface area contributed by atoms with Crippen LogP contribution in [0.5, 0.6) is 5.75 Å². The van der Waals surface area contributed by atoms with E-state index in [1.54, 1.807) is 12.1 Å². The van der Waals surface area contributed by atoms with Gasteiger partial charge in [-0.05, 0) is 42.5 Å². The number of unbranched alkanes of at least 4 members (excludes halogenated alkanes) is 9. The first-order valence-electron chi connectivity index (χ1n) is 10.7. The minimum absolute atomic E-state index is 0.170. The predicted molar refractivity (Wildman–Crippen MR) is 109 cm³/mol. The van der Waals surface area contributed by atoms with E-state index < -0.39 is 5.97 Å². The number of aromatic carboxylic acids is 1. The predicted octanol–water partition coefficient (Wildman–Crippen LogP) is 7.29. The smallest absolute Gasteiger partial charge is 0.335 e. The molecular weight excluding hydrogens is 324 g/mol. The molecule has 26 heavy (non-hydrogen) atoms. The summed E-state index contributed by atoms with van der Waals surface area (Å²) < 4.78 is 0. The van der Waals surface area contributed by atoms with Crippen molar-refractivity contribution in [1.82, 2.24) is 0 Å². The topological polar surface area (TPSA) is 57.5 Å². The van der Waals surface area contributed by atoms with Gasteiger partial charge in [0.15, 0.2) is 0 Å². The fourth-order valence-electron chi connectivity index (χ4n) is 3.70. The quantitative estimate of drug-likeness (QED) is 0.322. The molecule has 3 heteroatoms. The number of carboxylic acids is 1. The van der Waals surface area contributed by atoms with Gasteiger partial charge in [-0.1, -0.05) is 84.5 Å². The molecule has 0 saturated heterocycles. The highest BCUT2D eigenvalue weighted by molar-refractivity contribution is 5.89. The lowest BCUT2D eigenvalue weighted by atomic mass is 9.85. The van der Waals surface area contributed by atoms with Crippen molar-refractivity contribution in [2.75, 3.05) is 0 Å². The maximum Gasteiger partial charge on any atom is 0.335 e. The van der Waals surface area contributed by atoms with Crippen molar-refractivity contribution < 1.29 is 15.0 Å². The van der Waals surface area contributed by atoms with Crippen LogP contribution in [0.1, 0.15) is 119 Å². The van der Waals surface area contributed by atoms with Crippen LogP contribution < -0.4 is 0 Å². The Bertz CT molecular complexity index is 510. The number of benzene rings is 1. The molecule has 0 aromatic heterocycles. The number of phenols is 1. The number of aromatic hydroxyl groups is 1. The highest BCUT2D eigenvalue weighted by Gasteiger charge is 2.19. The molecule has 0 spiro atoms. The van der Waals surface area contributed by atoms with E-state index in [0.29, 0.717) is 5.56 Å². The molecule has 1 aromatic rings. The Hall–Kier alpha value is -1.51. The molecule has 2 N–H and O–H groups in total. The second-order valence-corrected chi connectivity index (χ2v) is 7.53. The summed E-state index contributed by atoms with van der Waals surface area (Å²) in [6.07, 6.45) is 15.7. The van der Waals surface area contributed by atoms with E-state index in [1.807, 2.05) is 0 Å². The summed E-state index contributed by atoms with van der Waals surface area (Å²) in [5.41, 5.74) is 1.17. The molecule has 1 rings (SSSR count). The second-order valence-electron chi connectivity index (χ2n) is 7.53. The Morgan fingerprint density at radius 2 is 1.35 bits per heavy atom. The third kappa shape index (κ3) is 8.73. The molecule has 0 aliphatic heterocycles. The van der Waals surface area contributed by atoms with Crippen molar-refractivity contribution in [3.63, 3.8) is 0 Å². The summed E-state index contributed by atoms with van der Waals surface area (Å²) in [5.74, 6) is -0.484. The van der Waals surface area contributed by atoms with Crippen molar-refractivity contribution in [3.05, 3.63) is 29.3 Å². The van der Waals surface area contributed by atoms with Crippen molar-refractivity contribution >= 4 is 5.97 Å². The van der Waals surface area contributed by atoms with E-state index in [1.165, 1.54) is 63.9 Å². The molecule has 148 valence electrons. The van der Waals surface area contributed by atoms with Gasteiger partial charge in [0.1, 0.15) is 5.75 Å². The van der Waals surface area contributed by atoms with Crippen LogP contribution in [0.4, 0.5) is 0 Å². The average Bonchev–Trinajstić information content (AvgIpc) is 2.62. The van der Waals surface area contributed by atoms with Crippen LogP contribution >= 0.6 is 0 Å². The zero-order valence-electron chi connectivity index (χ0n) is 16.8. The molecule has 0 radical (unpaired) electrons. The van der Waals surface area contributed by atoms with E-state index in [4.69, 9.17) is 0 Å². The number of phenolic OH excluding ortho intramolecular Hbond substituents is 1. The van der Waals surface area contributed by atoms with Gasteiger partial charge in [0, 0.05) is 0 Å². The van der Waals surface area contributed by atoms with Crippen LogP contribution in [0.3, 0.4) is 0 Å². The van der Waals surface area contributed by atoms with Crippen LogP contribution in [-0.2, 0) is 0 Å². The number of carboxylic acid groups (broad SMARTS) is 1. The molecule has 3 nitrogen and oxygen atoms in total. The zero-order chi connectivity index (χ0) is 19.2. The molecule has 0 fully saturated rings. The normalized spacial score (nSPS) is 12.2. The van der Waals surface area contributed by atoms with Crippen molar-refractivity contribution in [3.8, 4) is 5.75 Å². The minimum Gasteiger partial charge on any atom is -0.508 e. The van der Waals surface area contributed by atoms with Gasteiger partial charge in [0.25, 0.3) is 0 Å². The van der Waals surface area contributed by atoms with Crippen LogP contribution in [0, 0.1) is 0 Å². The Morgan fingerprint density at radius 3 is 1.88 bits per heavy atom. The van der Waals surface area contributed by atoms with Gasteiger partial charge >= 0.3 is 5.97 Å². The van der Waals surface area contributed by atoms with Gasteiger partial charge in [-0.15, -0.1) is 0 Å². The van der Waals surface area contributed by atoms with E-state index >= 15 is 0 Å². The number of hydrogen-bond acceptors (Lipinski definition) is 2. The highest BCUT2D eigenvalue weighted by Crippen LogP contribution is 2.33. The van der Waals surface area contributed by atoms with Crippen LogP contribution in [0.2, 0.25) is 0 Å². The summed E-state index contributed by atoms with van der Waals surface area (Å²) >= 11 is 0. The number of rotatable bonds is 15. The van der Waals surface area contributed by atoms with Crippen LogP contribution in [0.25, 0.3) is 0 Å². The summed E-state index contributed by atoms with van der Waals surface area (Å²) in [6.45, 7) is 4.44. The van der Waals surface area contributed by atoms with Gasteiger partial charge in [-0.3, -0.25) is 0 Å². The SMILES string of the molecule is CCCCCCCCCC(CCCCCC)c1cc(O)ccc1C(=O)O. The van der Waals surface area contributed by atoms with E-state index in [9.17, 15) is 15.0 Å². The molecule has 0 heterocycles. The summed E-state index contributed by atoms with van der Waals surface area (Å²) in [4.78, 5) is 11.6. The van der Waals surface area contributed by atoms with Gasteiger partial charge in [-0.25, -0.2) is 4.79 Å². The van der Waals surface area contributed by atoms with Crippen LogP contribution in [0.15, 0.2) is 18.2 Å². The Labute approximate surface area is 159 Å². The van der Waals surface area contributed by atoms with Gasteiger partial charge < -0.3 is 10.2 Å². The monoisotopic (exact) mass is 362 g/mol. The summed E-state index contributed by atoms with van der Waals surface area (Å²) in [7, 11) is 0. The first-order valence-corrected chi connectivity index (χ1v) is 10.7. The molecule has 0 saturated carbocycles. The fourth-order valence-corrected chi connectivity index (χ4v) is 3.70. The number of hydrogen-bond donors (Lipinski definition) is 2. The number of carbonyl (C=O) groups is 1. The Balaban J connectivity index is 2.66. The lowest BCUT2D eigenvalue weighted by Crippen LogP contribution is -2.08. The third-order valence-corrected chi connectivity index (χ3v) is 5.27. The van der Waals surface area contributed by atoms with E-state index in [-0.39, 0.29) is 11.7 Å². The highest BCUT2D eigenvalue weighted by atomic mass is 16.4. The Morgan fingerprint density at radius 1 is 0.846 bits per heavy atom. The molecule has 1 aromatic carbocycles. The zero-order valence-corrected chi connectivity index (χ0v) is 16.8. The molecule has 0 aliphatic carbocycles. The van der Waals surface area contributed by atoms with E-state index in [2.05, 4.69) is 13.8 Å². The average molecular weight is 363 g/mol. The largest absolute Gasteiger partial charge is 0.508 e.